The molecule has 1 aliphatic rings. The van der Waals surface area contributed by atoms with Crippen LogP contribution in [-0.4, -0.2) is 26.6 Å². The zero-order chi connectivity index (χ0) is 19.6. The number of anilines is 2. The van der Waals surface area contributed by atoms with Crippen LogP contribution in [0.3, 0.4) is 0 Å². The second-order valence-electron chi connectivity index (χ2n) is 6.65. The van der Waals surface area contributed by atoms with Crippen LogP contribution < -0.4 is 9.62 Å². The maximum Gasteiger partial charge on any atom is 0.255 e. The minimum atomic E-state index is -3.23. The molecular formula is C22H20N2O3S. The Labute approximate surface area is 164 Å². The van der Waals surface area contributed by atoms with Gasteiger partial charge in [-0.15, -0.1) is 0 Å². The Kier molecular flexibility index (Phi) is 4.88. The van der Waals surface area contributed by atoms with Gasteiger partial charge in [-0.3, -0.25) is 9.10 Å². The van der Waals surface area contributed by atoms with E-state index in [0.717, 1.165) is 16.8 Å². The Morgan fingerprint density at radius 1 is 0.857 bits per heavy atom. The van der Waals surface area contributed by atoms with E-state index < -0.39 is 10.0 Å². The van der Waals surface area contributed by atoms with E-state index in [1.54, 1.807) is 24.3 Å². The van der Waals surface area contributed by atoms with Gasteiger partial charge in [-0.2, -0.15) is 0 Å². The molecule has 0 unspecified atom stereocenters. The number of amides is 1. The molecule has 3 aromatic carbocycles. The second-order valence-corrected chi connectivity index (χ2v) is 8.67. The van der Waals surface area contributed by atoms with E-state index in [2.05, 4.69) is 5.32 Å². The predicted octanol–water partition coefficient (Wildman–Crippen LogP) is 4.15. The number of carbonyl (C=O) groups is 1. The molecule has 0 spiro atoms. The lowest BCUT2D eigenvalue weighted by Crippen LogP contribution is -2.25. The van der Waals surface area contributed by atoms with Gasteiger partial charge in [-0.25, -0.2) is 8.42 Å². The topological polar surface area (TPSA) is 66.5 Å². The number of sulfonamides is 1. The van der Waals surface area contributed by atoms with Gasteiger partial charge in [0.2, 0.25) is 10.0 Å². The molecule has 1 aliphatic heterocycles. The number of para-hydroxylation sites is 1. The van der Waals surface area contributed by atoms with Crippen molar-refractivity contribution in [2.45, 2.75) is 6.42 Å². The second kappa shape index (κ2) is 7.48. The zero-order valence-electron chi connectivity index (χ0n) is 15.2. The highest BCUT2D eigenvalue weighted by atomic mass is 32.2. The van der Waals surface area contributed by atoms with Crippen LogP contribution in [0.4, 0.5) is 11.4 Å². The Balaban J connectivity index is 1.55. The third-order valence-corrected chi connectivity index (χ3v) is 6.65. The van der Waals surface area contributed by atoms with Crippen LogP contribution in [0.25, 0.3) is 11.1 Å². The van der Waals surface area contributed by atoms with Gasteiger partial charge < -0.3 is 5.32 Å². The molecule has 3 aromatic rings. The third kappa shape index (κ3) is 3.64. The molecule has 0 aromatic heterocycles. The Hall–Kier alpha value is -3.12. The first-order valence-electron chi connectivity index (χ1n) is 9.11. The smallest absolute Gasteiger partial charge is 0.255 e. The minimum Gasteiger partial charge on any atom is -0.321 e. The molecule has 1 N–H and O–H groups in total. The zero-order valence-corrected chi connectivity index (χ0v) is 16.0. The molecule has 4 rings (SSSR count). The Morgan fingerprint density at radius 2 is 1.54 bits per heavy atom. The third-order valence-electron chi connectivity index (χ3n) is 4.78. The van der Waals surface area contributed by atoms with E-state index in [9.17, 15) is 13.2 Å². The van der Waals surface area contributed by atoms with Crippen LogP contribution in [0, 0.1) is 0 Å². The maximum absolute atomic E-state index is 12.7. The number of hydrogen-bond donors (Lipinski definition) is 1. The van der Waals surface area contributed by atoms with Gasteiger partial charge in [0, 0.05) is 23.4 Å². The van der Waals surface area contributed by atoms with E-state index in [1.807, 2.05) is 54.6 Å². The van der Waals surface area contributed by atoms with Crippen LogP contribution in [0.5, 0.6) is 0 Å². The first kappa shape index (κ1) is 18.3. The molecule has 0 bridgehead atoms. The van der Waals surface area contributed by atoms with Crippen LogP contribution in [0.2, 0.25) is 0 Å². The van der Waals surface area contributed by atoms with E-state index >= 15 is 0 Å². The average molecular weight is 392 g/mol. The molecule has 5 nitrogen and oxygen atoms in total. The van der Waals surface area contributed by atoms with Crippen LogP contribution in [0.15, 0.2) is 78.9 Å². The molecule has 1 saturated heterocycles. The number of nitrogens with one attached hydrogen (secondary N) is 1. The van der Waals surface area contributed by atoms with E-state index in [1.165, 1.54) is 4.31 Å². The highest BCUT2D eigenvalue weighted by Gasteiger charge is 2.28. The molecular weight excluding hydrogens is 372 g/mol. The van der Waals surface area contributed by atoms with Gasteiger partial charge in [0.1, 0.15) is 0 Å². The van der Waals surface area contributed by atoms with Gasteiger partial charge in [-0.1, -0.05) is 48.5 Å². The monoisotopic (exact) mass is 392 g/mol. The molecule has 6 heteroatoms. The molecule has 0 radical (unpaired) electrons. The molecule has 0 aliphatic carbocycles. The summed E-state index contributed by atoms with van der Waals surface area (Å²) in [6.45, 7) is 0.484. The first-order valence-corrected chi connectivity index (χ1v) is 10.7. The number of nitrogens with zero attached hydrogens (tertiary/aromatic N) is 1. The summed E-state index contributed by atoms with van der Waals surface area (Å²) in [5, 5.41) is 2.96. The molecule has 1 heterocycles. The van der Waals surface area contributed by atoms with Crippen molar-refractivity contribution in [3.05, 3.63) is 84.4 Å². The highest BCUT2D eigenvalue weighted by Crippen LogP contribution is 2.28. The number of carbonyl (C=O) groups excluding carboxylic acids is 1. The van der Waals surface area contributed by atoms with E-state index in [4.69, 9.17) is 0 Å². The van der Waals surface area contributed by atoms with Crippen LogP contribution >= 0.6 is 0 Å². The van der Waals surface area contributed by atoms with Gasteiger partial charge in [0.05, 0.1) is 11.4 Å². The minimum absolute atomic E-state index is 0.172. The highest BCUT2D eigenvalue weighted by molar-refractivity contribution is 7.93. The summed E-state index contributed by atoms with van der Waals surface area (Å²) in [7, 11) is -3.23. The van der Waals surface area contributed by atoms with E-state index in [0.29, 0.717) is 24.2 Å². The summed E-state index contributed by atoms with van der Waals surface area (Å²) in [6.07, 6.45) is 0.626. The Bertz CT molecular complexity index is 1090. The summed E-state index contributed by atoms with van der Waals surface area (Å²) in [5.41, 5.74) is 3.76. The SMILES string of the molecule is O=C(Nc1ccccc1-c1ccccc1)c1ccc(N2CCCS2(=O)=O)cc1. The van der Waals surface area contributed by atoms with Crippen molar-refractivity contribution in [3.63, 3.8) is 0 Å². The van der Waals surface area contributed by atoms with Gasteiger partial charge in [0.15, 0.2) is 0 Å². The van der Waals surface area contributed by atoms with Crippen LogP contribution in [0.1, 0.15) is 16.8 Å². The standard InChI is InChI=1S/C22H20N2O3S/c25-22(18-11-13-19(14-12-18)24-15-6-16-28(24,26)27)23-21-10-5-4-9-20(21)17-7-2-1-3-8-17/h1-5,7-14H,6,15-16H2,(H,23,25). The first-order chi connectivity index (χ1) is 13.5. The van der Waals surface area contributed by atoms with Crippen LogP contribution in [-0.2, 0) is 10.0 Å². The summed E-state index contributed by atoms with van der Waals surface area (Å²) in [4.78, 5) is 12.7. The molecule has 0 saturated carbocycles. The summed E-state index contributed by atoms with van der Waals surface area (Å²) in [6, 6.07) is 24.2. The molecule has 0 atom stereocenters. The lowest BCUT2D eigenvalue weighted by atomic mass is 10.0. The van der Waals surface area contributed by atoms with Crippen molar-refractivity contribution in [2.75, 3.05) is 21.9 Å². The largest absolute Gasteiger partial charge is 0.321 e. The van der Waals surface area contributed by atoms with Gasteiger partial charge >= 0.3 is 0 Å². The van der Waals surface area contributed by atoms with Crippen molar-refractivity contribution in [1.29, 1.82) is 0 Å². The number of hydrogen-bond acceptors (Lipinski definition) is 3. The normalized spacial score (nSPS) is 15.4. The maximum atomic E-state index is 12.7. The molecule has 28 heavy (non-hydrogen) atoms. The summed E-state index contributed by atoms with van der Waals surface area (Å²) >= 11 is 0. The van der Waals surface area contributed by atoms with Gasteiger partial charge in [-0.05, 0) is 42.3 Å². The van der Waals surface area contributed by atoms with Gasteiger partial charge in [0.25, 0.3) is 5.91 Å². The predicted molar refractivity (Wildman–Crippen MR) is 112 cm³/mol. The molecule has 142 valence electrons. The van der Waals surface area contributed by atoms with Crippen molar-refractivity contribution in [1.82, 2.24) is 0 Å². The number of benzene rings is 3. The average Bonchev–Trinajstić information content (AvgIpc) is 3.08. The molecule has 1 amide bonds. The van der Waals surface area contributed by atoms with Crippen molar-refractivity contribution in [2.24, 2.45) is 0 Å². The summed E-state index contributed by atoms with van der Waals surface area (Å²) < 4.78 is 25.5. The molecule has 1 fully saturated rings. The fraction of sp³-hybridized carbons (Fsp3) is 0.136. The lowest BCUT2D eigenvalue weighted by molar-refractivity contribution is 0.102. The van der Waals surface area contributed by atoms with Crippen molar-refractivity contribution in [3.8, 4) is 11.1 Å². The van der Waals surface area contributed by atoms with Crippen molar-refractivity contribution >= 4 is 27.3 Å². The van der Waals surface area contributed by atoms with Crippen molar-refractivity contribution < 1.29 is 13.2 Å². The quantitative estimate of drug-likeness (QED) is 0.725. The Morgan fingerprint density at radius 3 is 2.21 bits per heavy atom. The lowest BCUT2D eigenvalue weighted by Gasteiger charge is -2.17. The van der Waals surface area contributed by atoms with E-state index in [-0.39, 0.29) is 11.7 Å². The fourth-order valence-electron chi connectivity index (χ4n) is 3.36. The fourth-order valence-corrected chi connectivity index (χ4v) is 4.93. The number of rotatable bonds is 4. The summed E-state index contributed by atoms with van der Waals surface area (Å²) in [5.74, 6) is -0.0647.